The number of benzene rings is 1. The molecule has 3 heterocycles. The molecule has 0 unspecified atom stereocenters. The number of pyridine rings is 1. The molecule has 0 aliphatic rings. The normalized spacial score (nSPS) is 10.8. The summed E-state index contributed by atoms with van der Waals surface area (Å²) >= 11 is 1.38. The van der Waals surface area contributed by atoms with Gasteiger partial charge in [-0.05, 0) is 30.7 Å². The van der Waals surface area contributed by atoms with Crippen molar-refractivity contribution >= 4 is 28.1 Å². The molecule has 0 radical (unpaired) electrons. The third-order valence-electron chi connectivity index (χ3n) is 3.93. The molecule has 1 N–H and O–H groups in total. The number of ether oxygens (including phenoxy) is 1. The summed E-state index contributed by atoms with van der Waals surface area (Å²) in [6.45, 7) is 0.995. The molecule has 4 rings (SSSR count). The first kappa shape index (κ1) is 17.2. The van der Waals surface area contributed by atoms with Gasteiger partial charge >= 0.3 is 0 Å². The highest BCUT2D eigenvalue weighted by atomic mass is 32.1. The highest BCUT2D eigenvalue weighted by Gasteiger charge is 2.12. The second kappa shape index (κ2) is 8.01. The lowest BCUT2D eigenvalue weighted by Crippen LogP contribution is -2.25. The first-order valence-corrected chi connectivity index (χ1v) is 9.43. The third-order valence-corrected chi connectivity index (χ3v) is 4.79. The van der Waals surface area contributed by atoms with E-state index in [1.165, 1.54) is 11.3 Å². The topological polar surface area (TPSA) is 77.2 Å². The van der Waals surface area contributed by atoms with Crippen molar-refractivity contribution < 1.29 is 13.9 Å². The second-order valence-corrected chi connectivity index (χ2v) is 6.66. The summed E-state index contributed by atoms with van der Waals surface area (Å²) < 4.78 is 11.1. The fourth-order valence-electron chi connectivity index (χ4n) is 2.63. The molecule has 7 heteroatoms. The fraction of sp³-hybridized carbons (Fsp3) is 0.150. The highest BCUT2D eigenvalue weighted by molar-refractivity contribution is 7.13. The van der Waals surface area contributed by atoms with E-state index in [0.29, 0.717) is 36.0 Å². The van der Waals surface area contributed by atoms with Crippen LogP contribution in [0.3, 0.4) is 0 Å². The molecular formula is C20H17N3O3S. The van der Waals surface area contributed by atoms with E-state index in [2.05, 4.69) is 15.3 Å². The van der Waals surface area contributed by atoms with Gasteiger partial charge in [-0.15, -0.1) is 11.3 Å². The van der Waals surface area contributed by atoms with Gasteiger partial charge in [0, 0.05) is 23.5 Å². The summed E-state index contributed by atoms with van der Waals surface area (Å²) in [5, 5.41) is 6.32. The van der Waals surface area contributed by atoms with Crippen LogP contribution in [0.4, 0.5) is 0 Å². The van der Waals surface area contributed by atoms with Gasteiger partial charge in [-0.3, -0.25) is 9.78 Å². The van der Waals surface area contributed by atoms with Crippen LogP contribution in [-0.2, 0) is 0 Å². The van der Waals surface area contributed by atoms with Gasteiger partial charge in [-0.1, -0.05) is 18.2 Å². The van der Waals surface area contributed by atoms with Crippen LogP contribution in [0.5, 0.6) is 5.75 Å². The van der Waals surface area contributed by atoms with Crippen LogP contribution in [-0.4, -0.2) is 29.0 Å². The number of amides is 1. The van der Waals surface area contributed by atoms with Crippen LogP contribution in [0.15, 0.2) is 64.7 Å². The second-order valence-electron chi connectivity index (χ2n) is 5.80. The summed E-state index contributed by atoms with van der Waals surface area (Å²) in [4.78, 5) is 20.9. The van der Waals surface area contributed by atoms with Crippen molar-refractivity contribution in [3.05, 3.63) is 66.0 Å². The van der Waals surface area contributed by atoms with E-state index in [-0.39, 0.29) is 5.91 Å². The van der Waals surface area contributed by atoms with Crippen LogP contribution >= 0.6 is 11.3 Å². The molecular weight excluding hydrogens is 362 g/mol. The zero-order chi connectivity index (χ0) is 18.5. The Morgan fingerprint density at radius 1 is 1.19 bits per heavy atom. The average molecular weight is 379 g/mol. The van der Waals surface area contributed by atoms with Crippen LogP contribution < -0.4 is 10.1 Å². The molecule has 1 aromatic carbocycles. The molecule has 1 amide bonds. The summed E-state index contributed by atoms with van der Waals surface area (Å²) in [6.07, 6.45) is 4.02. The van der Waals surface area contributed by atoms with Crippen molar-refractivity contribution in [3.8, 4) is 16.5 Å². The minimum Gasteiger partial charge on any atom is -0.491 e. The molecule has 0 bridgehead atoms. The van der Waals surface area contributed by atoms with Crippen molar-refractivity contribution in [1.29, 1.82) is 0 Å². The monoisotopic (exact) mass is 379 g/mol. The minimum absolute atomic E-state index is 0.198. The highest BCUT2D eigenvalue weighted by Crippen LogP contribution is 2.24. The van der Waals surface area contributed by atoms with Gasteiger partial charge in [-0.25, -0.2) is 4.98 Å². The third kappa shape index (κ3) is 3.98. The number of carbonyl (C=O) groups is 1. The van der Waals surface area contributed by atoms with Gasteiger partial charge in [0.05, 0.1) is 12.9 Å². The number of nitrogens with zero attached hydrogens (tertiary/aromatic N) is 2. The first-order valence-electron chi connectivity index (χ1n) is 8.55. The zero-order valence-corrected chi connectivity index (χ0v) is 15.2. The van der Waals surface area contributed by atoms with Crippen molar-refractivity contribution in [2.75, 3.05) is 13.2 Å². The number of rotatable bonds is 7. The van der Waals surface area contributed by atoms with E-state index in [4.69, 9.17) is 9.15 Å². The quantitative estimate of drug-likeness (QED) is 0.488. The molecule has 0 saturated heterocycles. The number of hydrogen-bond acceptors (Lipinski definition) is 6. The van der Waals surface area contributed by atoms with Crippen molar-refractivity contribution in [2.45, 2.75) is 6.42 Å². The smallest absolute Gasteiger partial charge is 0.270 e. The number of para-hydroxylation sites is 1. The maximum absolute atomic E-state index is 12.2. The first-order chi connectivity index (χ1) is 13.3. The number of aromatic nitrogens is 2. The molecule has 3 aromatic heterocycles. The molecule has 4 aromatic rings. The van der Waals surface area contributed by atoms with Crippen LogP contribution in [0, 0.1) is 0 Å². The van der Waals surface area contributed by atoms with Gasteiger partial charge in [0.1, 0.15) is 17.0 Å². The standard InChI is InChI=1S/C20H17N3O3S/c24-19(15-13-27-20(23-15)17-8-3-11-26-17)22-10-4-12-25-16-7-1-5-14-6-2-9-21-18(14)16/h1-3,5-9,11,13H,4,10,12H2,(H,22,24). The van der Waals surface area contributed by atoms with Crippen LogP contribution in [0.25, 0.3) is 21.7 Å². The lowest BCUT2D eigenvalue weighted by atomic mass is 10.2. The fourth-order valence-corrected chi connectivity index (χ4v) is 3.40. The molecule has 136 valence electrons. The predicted molar refractivity (Wildman–Crippen MR) is 104 cm³/mol. The van der Waals surface area contributed by atoms with E-state index in [9.17, 15) is 4.79 Å². The Morgan fingerprint density at radius 2 is 2.11 bits per heavy atom. The van der Waals surface area contributed by atoms with Crippen molar-refractivity contribution in [1.82, 2.24) is 15.3 Å². The molecule has 0 atom stereocenters. The van der Waals surface area contributed by atoms with Crippen molar-refractivity contribution in [3.63, 3.8) is 0 Å². The number of fused-ring (bicyclic) bond motifs is 1. The molecule has 0 fully saturated rings. The van der Waals surface area contributed by atoms with Gasteiger partial charge in [0.25, 0.3) is 5.91 Å². The van der Waals surface area contributed by atoms with Gasteiger partial charge in [0.15, 0.2) is 10.8 Å². The maximum Gasteiger partial charge on any atom is 0.270 e. The Hall–Kier alpha value is -3.19. The van der Waals surface area contributed by atoms with Crippen molar-refractivity contribution in [2.24, 2.45) is 0 Å². The van der Waals surface area contributed by atoms with E-state index in [1.807, 2.05) is 36.4 Å². The molecule has 27 heavy (non-hydrogen) atoms. The minimum atomic E-state index is -0.198. The molecule has 0 saturated carbocycles. The summed E-state index contributed by atoms with van der Waals surface area (Å²) in [6, 6.07) is 13.4. The number of thiazole rings is 1. The average Bonchev–Trinajstić information content (AvgIpc) is 3.39. The van der Waals surface area contributed by atoms with Gasteiger partial charge < -0.3 is 14.5 Å². The molecule has 0 aliphatic carbocycles. The Morgan fingerprint density at radius 3 is 3.00 bits per heavy atom. The van der Waals surface area contributed by atoms with Gasteiger partial charge in [-0.2, -0.15) is 0 Å². The van der Waals surface area contributed by atoms with Crippen LogP contribution in [0.2, 0.25) is 0 Å². The summed E-state index contributed by atoms with van der Waals surface area (Å²) in [7, 11) is 0. The largest absolute Gasteiger partial charge is 0.491 e. The number of nitrogens with one attached hydrogen (secondary N) is 1. The van der Waals surface area contributed by atoms with Crippen LogP contribution in [0.1, 0.15) is 16.9 Å². The maximum atomic E-state index is 12.2. The van der Waals surface area contributed by atoms with Gasteiger partial charge in [0.2, 0.25) is 0 Å². The SMILES string of the molecule is O=C(NCCCOc1cccc2cccnc12)c1csc(-c2ccco2)n1. The number of furan rings is 1. The van der Waals surface area contributed by atoms with E-state index in [1.54, 1.807) is 23.9 Å². The number of carbonyl (C=O) groups excluding carboxylic acids is 1. The van der Waals surface area contributed by atoms with E-state index in [0.717, 1.165) is 16.7 Å². The van der Waals surface area contributed by atoms with E-state index < -0.39 is 0 Å². The Labute approximate surface area is 159 Å². The molecule has 6 nitrogen and oxygen atoms in total. The number of hydrogen-bond donors (Lipinski definition) is 1. The zero-order valence-electron chi connectivity index (χ0n) is 14.4. The molecule has 0 aliphatic heterocycles. The predicted octanol–water partition coefficient (Wildman–Crippen LogP) is 4.15. The lowest BCUT2D eigenvalue weighted by Gasteiger charge is -2.08. The Kier molecular flexibility index (Phi) is 5.11. The Bertz CT molecular complexity index is 1040. The van der Waals surface area contributed by atoms with E-state index >= 15 is 0 Å². The summed E-state index contributed by atoms with van der Waals surface area (Å²) in [5.41, 5.74) is 1.24. The Balaban J connectivity index is 1.26. The summed E-state index contributed by atoms with van der Waals surface area (Å²) in [5.74, 6) is 1.22. The molecule has 0 spiro atoms. The lowest BCUT2D eigenvalue weighted by molar-refractivity contribution is 0.0947.